The largest absolute Gasteiger partial charge is 0.483 e. The van der Waals surface area contributed by atoms with Crippen LogP contribution in [-0.2, 0) is 0 Å². The van der Waals surface area contributed by atoms with Crippen molar-refractivity contribution in [2.24, 2.45) is 0 Å². The molecule has 0 atom stereocenters. The Hall–Kier alpha value is -2.17. The van der Waals surface area contributed by atoms with Gasteiger partial charge in [-0.2, -0.15) is 0 Å². The summed E-state index contributed by atoms with van der Waals surface area (Å²) in [6, 6.07) is 4.25. The molecular formula is C13H15NO4. The van der Waals surface area contributed by atoms with E-state index in [1.165, 1.54) is 18.2 Å². The summed E-state index contributed by atoms with van der Waals surface area (Å²) in [4.78, 5) is 22.0. The van der Waals surface area contributed by atoms with Crippen molar-refractivity contribution >= 4 is 11.5 Å². The highest BCUT2D eigenvalue weighted by molar-refractivity contribution is 5.96. The fraction of sp³-hybridized carbons (Fsp3) is 0.308. The number of ether oxygens (including phenoxy) is 1. The van der Waals surface area contributed by atoms with Crippen LogP contribution in [0.4, 0.5) is 5.69 Å². The number of ketones is 1. The van der Waals surface area contributed by atoms with Crippen LogP contribution in [-0.4, -0.2) is 17.3 Å². The fourth-order valence-electron chi connectivity index (χ4n) is 1.48. The van der Waals surface area contributed by atoms with Gasteiger partial charge in [-0.3, -0.25) is 14.9 Å². The van der Waals surface area contributed by atoms with E-state index in [1.807, 2.05) is 6.92 Å². The molecule has 5 nitrogen and oxygen atoms in total. The molecule has 0 bridgehead atoms. The molecule has 1 aromatic rings. The topological polar surface area (TPSA) is 69.4 Å². The Morgan fingerprint density at radius 1 is 1.56 bits per heavy atom. The van der Waals surface area contributed by atoms with Gasteiger partial charge in [0.15, 0.2) is 11.5 Å². The molecule has 96 valence electrons. The minimum atomic E-state index is -0.554. The molecule has 0 radical (unpaired) electrons. The van der Waals surface area contributed by atoms with Crippen molar-refractivity contribution in [3.63, 3.8) is 0 Å². The lowest BCUT2D eigenvalue weighted by molar-refractivity contribution is -0.385. The summed E-state index contributed by atoms with van der Waals surface area (Å²) in [5.74, 6) is 0.0452. The van der Waals surface area contributed by atoms with Crippen LogP contribution < -0.4 is 4.74 Å². The third kappa shape index (κ3) is 3.41. The Morgan fingerprint density at radius 3 is 2.83 bits per heavy atom. The van der Waals surface area contributed by atoms with Gasteiger partial charge in [-0.1, -0.05) is 19.6 Å². The predicted octanol–water partition coefficient (Wildman–Crippen LogP) is 3.14. The zero-order chi connectivity index (χ0) is 13.5. The number of benzene rings is 1. The van der Waals surface area contributed by atoms with Crippen LogP contribution >= 0.6 is 0 Å². The molecule has 0 aliphatic heterocycles. The van der Waals surface area contributed by atoms with Crippen molar-refractivity contribution in [1.29, 1.82) is 0 Å². The molecule has 18 heavy (non-hydrogen) atoms. The number of Topliss-reactive ketones (excluding diaryl/α,β-unsaturated/α-hetero) is 1. The highest BCUT2D eigenvalue weighted by Gasteiger charge is 2.18. The van der Waals surface area contributed by atoms with E-state index in [0.717, 1.165) is 0 Å². The SMILES string of the molecule is C=CCOc1ccc(C(=O)CCC)cc1[N+](=O)[O-]. The molecule has 0 saturated heterocycles. The second kappa shape index (κ2) is 6.54. The van der Waals surface area contributed by atoms with E-state index in [1.54, 1.807) is 6.07 Å². The van der Waals surface area contributed by atoms with E-state index >= 15 is 0 Å². The standard InChI is InChI=1S/C13H15NO4/c1-3-5-12(15)10-6-7-13(18-8-4-2)11(9-10)14(16)17/h4,6-7,9H,2-3,5,8H2,1H3. The maximum absolute atomic E-state index is 11.7. The van der Waals surface area contributed by atoms with Gasteiger partial charge >= 0.3 is 5.69 Å². The van der Waals surface area contributed by atoms with E-state index in [2.05, 4.69) is 6.58 Å². The van der Waals surface area contributed by atoms with E-state index in [9.17, 15) is 14.9 Å². The molecule has 0 aliphatic carbocycles. The lowest BCUT2D eigenvalue weighted by atomic mass is 10.1. The van der Waals surface area contributed by atoms with Gasteiger partial charge in [0.25, 0.3) is 0 Å². The Morgan fingerprint density at radius 2 is 2.28 bits per heavy atom. The van der Waals surface area contributed by atoms with Gasteiger partial charge in [0.05, 0.1) is 4.92 Å². The highest BCUT2D eigenvalue weighted by Crippen LogP contribution is 2.28. The summed E-state index contributed by atoms with van der Waals surface area (Å²) in [6.45, 7) is 5.54. The van der Waals surface area contributed by atoms with E-state index < -0.39 is 4.92 Å². The van der Waals surface area contributed by atoms with Crippen molar-refractivity contribution < 1.29 is 14.5 Å². The van der Waals surface area contributed by atoms with E-state index in [4.69, 9.17) is 4.74 Å². The van der Waals surface area contributed by atoms with Crippen LogP contribution in [0.3, 0.4) is 0 Å². The summed E-state index contributed by atoms with van der Waals surface area (Å²) in [5.41, 5.74) is 0.147. The Bertz CT molecular complexity index is 468. The van der Waals surface area contributed by atoms with Crippen molar-refractivity contribution in [3.8, 4) is 5.75 Å². The molecule has 0 N–H and O–H groups in total. The minimum Gasteiger partial charge on any atom is -0.483 e. The van der Waals surface area contributed by atoms with E-state index in [-0.39, 0.29) is 23.8 Å². The summed E-state index contributed by atoms with van der Waals surface area (Å²) in [6.07, 6.45) is 2.59. The Balaban J connectivity index is 3.06. The van der Waals surface area contributed by atoms with Gasteiger partial charge < -0.3 is 4.74 Å². The third-order valence-electron chi connectivity index (χ3n) is 2.31. The summed E-state index contributed by atoms with van der Waals surface area (Å²) >= 11 is 0. The second-order valence-corrected chi connectivity index (χ2v) is 3.71. The van der Waals surface area contributed by atoms with Gasteiger partial charge in [0.1, 0.15) is 6.61 Å². The predicted molar refractivity (Wildman–Crippen MR) is 68.0 cm³/mol. The van der Waals surface area contributed by atoms with Gasteiger partial charge in [-0.15, -0.1) is 0 Å². The van der Waals surface area contributed by atoms with Crippen LogP contribution in [0, 0.1) is 10.1 Å². The van der Waals surface area contributed by atoms with Gasteiger partial charge in [0, 0.05) is 18.1 Å². The fourth-order valence-corrected chi connectivity index (χ4v) is 1.48. The summed E-state index contributed by atoms with van der Waals surface area (Å²) in [7, 11) is 0. The number of nitro benzene ring substituents is 1. The van der Waals surface area contributed by atoms with Crippen molar-refractivity contribution in [1.82, 2.24) is 0 Å². The first-order valence-electron chi connectivity index (χ1n) is 5.65. The van der Waals surface area contributed by atoms with Crippen molar-refractivity contribution in [3.05, 3.63) is 46.5 Å². The first-order chi connectivity index (χ1) is 8.60. The molecule has 1 aromatic carbocycles. The van der Waals surface area contributed by atoms with Crippen LogP contribution in [0.5, 0.6) is 5.75 Å². The molecule has 1 rings (SSSR count). The summed E-state index contributed by atoms with van der Waals surface area (Å²) < 4.78 is 5.17. The average Bonchev–Trinajstić information content (AvgIpc) is 2.36. The first kappa shape index (κ1) is 13.9. The summed E-state index contributed by atoms with van der Waals surface area (Å²) in [5, 5.41) is 10.9. The van der Waals surface area contributed by atoms with Crippen LogP contribution in [0.1, 0.15) is 30.1 Å². The molecule has 5 heteroatoms. The normalized spacial score (nSPS) is 9.83. The number of hydrogen-bond donors (Lipinski definition) is 0. The highest BCUT2D eigenvalue weighted by atomic mass is 16.6. The molecule has 0 spiro atoms. The molecular weight excluding hydrogens is 234 g/mol. The quantitative estimate of drug-likeness (QED) is 0.322. The lowest BCUT2D eigenvalue weighted by Gasteiger charge is -2.06. The van der Waals surface area contributed by atoms with Crippen LogP contribution in [0.2, 0.25) is 0 Å². The Labute approximate surface area is 105 Å². The number of nitro groups is 1. The van der Waals surface area contributed by atoms with Crippen LogP contribution in [0.25, 0.3) is 0 Å². The zero-order valence-electron chi connectivity index (χ0n) is 10.2. The number of nitrogens with zero attached hydrogens (tertiary/aromatic N) is 1. The number of rotatable bonds is 7. The lowest BCUT2D eigenvalue weighted by Crippen LogP contribution is -2.02. The molecule has 0 amide bonds. The molecule has 0 aromatic heterocycles. The Kier molecular flexibility index (Phi) is 5.05. The maximum Gasteiger partial charge on any atom is 0.311 e. The first-order valence-corrected chi connectivity index (χ1v) is 5.65. The molecule has 0 saturated carbocycles. The molecule has 0 fully saturated rings. The zero-order valence-corrected chi connectivity index (χ0v) is 10.2. The second-order valence-electron chi connectivity index (χ2n) is 3.71. The minimum absolute atomic E-state index is 0.101. The molecule has 0 aliphatic rings. The third-order valence-corrected chi connectivity index (χ3v) is 2.31. The van der Waals surface area contributed by atoms with E-state index in [0.29, 0.717) is 18.4 Å². The van der Waals surface area contributed by atoms with Gasteiger partial charge in [-0.25, -0.2) is 0 Å². The van der Waals surface area contributed by atoms with Gasteiger partial charge in [-0.05, 0) is 18.6 Å². The van der Waals surface area contributed by atoms with Crippen molar-refractivity contribution in [2.45, 2.75) is 19.8 Å². The maximum atomic E-state index is 11.7. The number of carbonyl (C=O) groups excluding carboxylic acids is 1. The average molecular weight is 249 g/mol. The monoisotopic (exact) mass is 249 g/mol. The van der Waals surface area contributed by atoms with Gasteiger partial charge in [0.2, 0.25) is 0 Å². The number of carbonyl (C=O) groups is 1. The smallest absolute Gasteiger partial charge is 0.311 e. The molecule has 0 unspecified atom stereocenters. The molecule has 0 heterocycles. The number of hydrogen-bond acceptors (Lipinski definition) is 4. The van der Waals surface area contributed by atoms with Crippen molar-refractivity contribution in [2.75, 3.05) is 6.61 Å². The van der Waals surface area contributed by atoms with Crippen LogP contribution in [0.15, 0.2) is 30.9 Å².